The lowest BCUT2D eigenvalue weighted by atomic mass is 10.0. The Balaban J connectivity index is 2.15. The molecule has 0 fully saturated rings. The van der Waals surface area contributed by atoms with E-state index in [1.165, 1.54) is 12.1 Å². The van der Waals surface area contributed by atoms with E-state index in [1.807, 2.05) is 38.1 Å². The van der Waals surface area contributed by atoms with Crippen LogP contribution in [0.3, 0.4) is 0 Å². The highest BCUT2D eigenvalue weighted by molar-refractivity contribution is 9.10. The minimum absolute atomic E-state index is 0.0619. The Morgan fingerprint density at radius 2 is 1.55 bits per heavy atom. The van der Waals surface area contributed by atoms with E-state index >= 15 is 0 Å². The molecule has 0 heterocycles. The first-order valence-corrected chi connectivity index (χ1v) is 7.23. The Kier molecular flexibility index (Phi) is 4.89. The first kappa shape index (κ1) is 15.1. The summed E-state index contributed by atoms with van der Waals surface area (Å²) in [4.78, 5) is 0. The van der Waals surface area contributed by atoms with Crippen molar-refractivity contribution in [2.75, 3.05) is 0 Å². The zero-order chi connectivity index (χ0) is 14.7. The van der Waals surface area contributed by atoms with Gasteiger partial charge in [-0.1, -0.05) is 34.1 Å². The second-order valence-corrected chi connectivity index (χ2v) is 5.69. The van der Waals surface area contributed by atoms with Crippen LogP contribution >= 0.6 is 15.9 Å². The molecule has 0 aliphatic carbocycles. The highest BCUT2D eigenvalue weighted by Crippen LogP contribution is 2.26. The van der Waals surface area contributed by atoms with Crippen LogP contribution in [0, 0.1) is 11.6 Å². The summed E-state index contributed by atoms with van der Waals surface area (Å²) in [5, 5.41) is 3.34. The lowest BCUT2D eigenvalue weighted by Crippen LogP contribution is -2.23. The van der Waals surface area contributed by atoms with E-state index in [0.717, 1.165) is 16.1 Å². The Bertz CT molecular complexity index is 581. The third-order valence-corrected chi connectivity index (χ3v) is 3.98. The average molecular weight is 340 g/mol. The van der Waals surface area contributed by atoms with Crippen molar-refractivity contribution in [3.05, 3.63) is 69.7 Å². The first-order valence-electron chi connectivity index (χ1n) is 6.44. The molecule has 2 rings (SSSR count). The zero-order valence-electron chi connectivity index (χ0n) is 11.3. The maximum absolute atomic E-state index is 13.2. The number of benzene rings is 2. The van der Waals surface area contributed by atoms with Crippen molar-refractivity contribution in [2.45, 2.75) is 25.9 Å². The summed E-state index contributed by atoms with van der Waals surface area (Å²) in [6, 6.07) is 11.4. The molecule has 20 heavy (non-hydrogen) atoms. The Hall–Kier alpha value is -1.26. The molecule has 106 valence electrons. The van der Waals surface area contributed by atoms with Crippen LogP contribution in [0.25, 0.3) is 0 Å². The molecule has 0 saturated carbocycles. The van der Waals surface area contributed by atoms with Crippen molar-refractivity contribution < 1.29 is 8.78 Å². The van der Waals surface area contributed by atoms with Crippen LogP contribution in [-0.4, -0.2) is 0 Å². The van der Waals surface area contributed by atoms with Gasteiger partial charge in [-0.15, -0.1) is 0 Å². The lowest BCUT2D eigenvalue weighted by molar-refractivity contribution is 0.486. The predicted octanol–water partition coefficient (Wildman–Crippen LogP) is 5.14. The summed E-state index contributed by atoms with van der Waals surface area (Å²) >= 11 is 3.51. The molecule has 0 aromatic heterocycles. The second-order valence-electron chi connectivity index (χ2n) is 4.83. The molecule has 2 aromatic carbocycles. The summed E-state index contributed by atoms with van der Waals surface area (Å²) in [5.41, 5.74) is 1.71. The molecule has 0 saturated heterocycles. The van der Waals surface area contributed by atoms with Crippen molar-refractivity contribution in [1.29, 1.82) is 0 Å². The van der Waals surface area contributed by atoms with Crippen molar-refractivity contribution in [2.24, 2.45) is 0 Å². The van der Waals surface area contributed by atoms with Gasteiger partial charge in [0.2, 0.25) is 0 Å². The smallest absolute Gasteiger partial charge is 0.126 e. The van der Waals surface area contributed by atoms with Crippen LogP contribution in [-0.2, 0) is 0 Å². The van der Waals surface area contributed by atoms with E-state index < -0.39 is 11.6 Å². The van der Waals surface area contributed by atoms with Gasteiger partial charge in [-0.3, -0.25) is 0 Å². The summed E-state index contributed by atoms with van der Waals surface area (Å²) in [6.45, 7) is 3.91. The molecule has 1 N–H and O–H groups in total. The van der Waals surface area contributed by atoms with E-state index in [-0.39, 0.29) is 12.1 Å². The van der Waals surface area contributed by atoms with Crippen molar-refractivity contribution in [3.63, 3.8) is 0 Å². The van der Waals surface area contributed by atoms with Crippen LogP contribution in [0.4, 0.5) is 8.78 Å². The molecular weight excluding hydrogens is 324 g/mol. The highest BCUT2D eigenvalue weighted by atomic mass is 79.9. The molecule has 1 nitrogen and oxygen atoms in total. The van der Waals surface area contributed by atoms with Gasteiger partial charge in [0, 0.05) is 22.6 Å². The van der Waals surface area contributed by atoms with Gasteiger partial charge in [0.05, 0.1) is 0 Å². The maximum Gasteiger partial charge on any atom is 0.126 e. The van der Waals surface area contributed by atoms with E-state index in [4.69, 9.17) is 0 Å². The molecule has 2 aromatic rings. The molecule has 0 amide bonds. The van der Waals surface area contributed by atoms with Crippen LogP contribution in [0.5, 0.6) is 0 Å². The van der Waals surface area contributed by atoms with Crippen molar-refractivity contribution in [3.8, 4) is 0 Å². The second kappa shape index (κ2) is 6.46. The summed E-state index contributed by atoms with van der Waals surface area (Å²) in [5.74, 6) is -1.11. The van der Waals surface area contributed by atoms with E-state index in [1.54, 1.807) is 0 Å². The van der Waals surface area contributed by atoms with Crippen LogP contribution in [0.15, 0.2) is 46.9 Å². The van der Waals surface area contributed by atoms with Crippen LogP contribution in [0.1, 0.15) is 37.1 Å². The van der Waals surface area contributed by atoms with Crippen molar-refractivity contribution in [1.82, 2.24) is 5.32 Å². The van der Waals surface area contributed by atoms with Crippen molar-refractivity contribution >= 4 is 15.9 Å². The Labute approximate surface area is 126 Å². The quantitative estimate of drug-likeness (QED) is 0.813. The highest BCUT2D eigenvalue weighted by Gasteiger charge is 2.14. The largest absolute Gasteiger partial charge is 0.304 e. The standard InChI is InChI=1S/C16H16BrF2N/c1-10(12-7-13(18)9-14(19)8-12)20-11(2)15-5-3-4-6-16(15)17/h3-11,20H,1-2H3. The van der Waals surface area contributed by atoms with E-state index in [0.29, 0.717) is 5.56 Å². The molecule has 2 unspecified atom stereocenters. The molecular formula is C16H16BrF2N. The van der Waals surface area contributed by atoms with Gasteiger partial charge in [-0.05, 0) is 43.2 Å². The van der Waals surface area contributed by atoms with Gasteiger partial charge >= 0.3 is 0 Å². The fourth-order valence-corrected chi connectivity index (χ4v) is 2.84. The van der Waals surface area contributed by atoms with Gasteiger partial charge in [0.15, 0.2) is 0 Å². The van der Waals surface area contributed by atoms with Crippen LogP contribution < -0.4 is 5.32 Å². The fourth-order valence-electron chi connectivity index (χ4n) is 2.21. The first-order chi connectivity index (χ1) is 9.47. The predicted molar refractivity (Wildman–Crippen MR) is 80.5 cm³/mol. The number of nitrogens with one attached hydrogen (secondary N) is 1. The van der Waals surface area contributed by atoms with Gasteiger partial charge in [-0.25, -0.2) is 8.78 Å². The van der Waals surface area contributed by atoms with E-state index in [2.05, 4.69) is 21.2 Å². The molecule has 0 aliphatic rings. The Morgan fingerprint density at radius 1 is 0.950 bits per heavy atom. The average Bonchev–Trinajstić information content (AvgIpc) is 2.37. The molecule has 0 bridgehead atoms. The normalized spacial score (nSPS) is 14.1. The topological polar surface area (TPSA) is 12.0 Å². The third-order valence-electron chi connectivity index (χ3n) is 3.26. The number of hydrogen-bond donors (Lipinski definition) is 1. The van der Waals surface area contributed by atoms with Gasteiger partial charge in [-0.2, -0.15) is 0 Å². The third kappa shape index (κ3) is 3.64. The molecule has 0 spiro atoms. The number of hydrogen-bond acceptors (Lipinski definition) is 1. The Morgan fingerprint density at radius 3 is 2.15 bits per heavy atom. The SMILES string of the molecule is CC(NC(C)c1ccccc1Br)c1cc(F)cc(F)c1. The summed E-state index contributed by atoms with van der Waals surface area (Å²) in [6.07, 6.45) is 0. The maximum atomic E-state index is 13.2. The van der Waals surface area contributed by atoms with Crippen LogP contribution in [0.2, 0.25) is 0 Å². The molecule has 4 heteroatoms. The fraction of sp³-hybridized carbons (Fsp3) is 0.250. The van der Waals surface area contributed by atoms with Gasteiger partial charge in [0.25, 0.3) is 0 Å². The van der Waals surface area contributed by atoms with E-state index in [9.17, 15) is 8.78 Å². The summed E-state index contributed by atoms with van der Waals surface area (Å²) < 4.78 is 27.5. The number of rotatable bonds is 4. The monoisotopic (exact) mass is 339 g/mol. The minimum Gasteiger partial charge on any atom is -0.304 e. The van der Waals surface area contributed by atoms with Gasteiger partial charge < -0.3 is 5.32 Å². The zero-order valence-corrected chi connectivity index (χ0v) is 12.9. The summed E-state index contributed by atoms with van der Waals surface area (Å²) in [7, 11) is 0. The lowest BCUT2D eigenvalue weighted by Gasteiger charge is -2.21. The molecule has 2 atom stereocenters. The number of halogens is 3. The minimum atomic E-state index is -0.554. The van der Waals surface area contributed by atoms with Gasteiger partial charge in [0.1, 0.15) is 11.6 Å². The molecule has 0 radical (unpaired) electrons. The molecule has 0 aliphatic heterocycles.